The highest BCUT2D eigenvalue weighted by Gasteiger charge is 2.18. The van der Waals surface area contributed by atoms with Gasteiger partial charge in [-0.3, -0.25) is 0 Å². The Balaban J connectivity index is 2.15. The van der Waals surface area contributed by atoms with Gasteiger partial charge in [-0.15, -0.1) is 21.5 Å². The van der Waals surface area contributed by atoms with E-state index in [1.807, 2.05) is 11.3 Å². The molecule has 1 N–H and O–H groups in total. The SMILES string of the molecule is CCCNC(Cc1nnn(C)n1)c1sccc1CC. The van der Waals surface area contributed by atoms with Gasteiger partial charge in [0, 0.05) is 17.3 Å². The summed E-state index contributed by atoms with van der Waals surface area (Å²) in [6.07, 6.45) is 2.98. The fourth-order valence-corrected chi connectivity index (χ4v) is 3.18. The zero-order valence-electron chi connectivity index (χ0n) is 11.8. The van der Waals surface area contributed by atoms with E-state index in [1.165, 1.54) is 15.2 Å². The molecule has 2 heterocycles. The zero-order chi connectivity index (χ0) is 13.7. The smallest absolute Gasteiger partial charge is 0.176 e. The summed E-state index contributed by atoms with van der Waals surface area (Å²) in [5.41, 5.74) is 1.42. The van der Waals surface area contributed by atoms with Crippen LogP contribution in [0.15, 0.2) is 11.4 Å². The summed E-state index contributed by atoms with van der Waals surface area (Å²) in [5, 5.41) is 18.0. The molecular weight excluding hydrogens is 258 g/mol. The molecule has 5 nitrogen and oxygen atoms in total. The van der Waals surface area contributed by atoms with Gasteiger partial charge in [0.15, 0.2) is 5.82 Å². The second kappa shape index (κ2) is 6.77. The molecule has 104 valence electrons. The fraction of sp³-hybridized carbons (Fsp3) is 0.615. The van der Waals surface area contributed by atoms with E-state index in [9.17, 15) is 0 Å². The van der Waals surface area contributed by atoms with Crippen LogP contribution in [0, 0.1) is 0 Å². The first-order valence-corrected chi connectivity index (χ1v) is 7.65. The molecule has 2 rings (SSSR count). The van der Waals surface area contributed by atoms with Crippen LogP contribution in [-0.2, 0) is 19.9 Å². The minimum absolute atomic E-state index is 0.291. The lowest BCUT2D eigenvalue weighted by atomic mass is 10.1. The van der Waals surface area contributed by atoms with Crippen molar-refractivity contribution in [2.24, 2.45) is 7.05 Å². The van der Waals surface area contributed by atoms with Gasteiger partial charge >= 0.3 is 0 Å². The molecule has 0 spiro atoms. The molecule has 0 aliphatic rings. The Kier molecular flexibility index (Phi) is 5.04. The van der Waals surface area contributed by atoms with Gasteiger partial charge in [0.2, 0.25) is 0 Å². The van der Waals surface area contributed by atoms with Gasteiger partial charge in [-0.2, -0.15) is 4.80 Å². The van der Waals surface area contributed by atoms with E-state index < -0.39 is 0 Å². The first-order chi connectivity index (χ1) is 9.24. The molecule has 0 bridgehead atoms. The van der Waals surface area contributed by atoms with Gasteiger partial charge in [-0.25, -0.2) is 0 Å². The lowest BCUT2D eigenvalue weighted by Crippen LogP contribution is -2.24. The number of aromatic nitrogens is 4. The number of tetrazole rings is 1. The second-order valence-electron chi connectivity index (χ2n) is 4.57. The molecule has 0 fully saturated rings. The van der Waals surface area contributed by atoms with E-state index in [2.05, 4.69) is 46.0 Å². The molecule has 0 amide bonds. The Hall–Kier alpha value is -1.27. The monoisotopic (exact) mass is 279 g/mol. The second-order valence-corrected chi connectivity index (χ2v) is 5.52. The molecule has 19 heavy (non-hydrogen) atoms. The van der Waals surface area contributed by atoms with Crippen LogP contribution < -0.4 is 5.32 Å². The summed E-state index contributed by atoms with van der Waals surface area (Å²) in [4.78, 5) is 2.92. The Morgan fingerprint density at radius 2 is 2.26 bits per heavy atom. The summed E-state index contributed by atoms with van der Waals surface area (Å²) in [7, 11) is 1.80. The highest BCUT2D eigenvalue weighted by Crippen LogP contribution is 2.27. The van der Waals surface area contributed by atoms with Gasteiger partial charge < -0.3 is 5.32 Å². The Labute approximate surface area is 118 Å². The molecule has 0 aliphatic carbocycles. The molecule has 2 aromatic heterocycles. The van der Waals surface area contributed by atoms with E-state index >= 15 is 0 Å². The first-order valence-electron chi connectivity index (χ1n) is 6.77. The highest BCUT2D eigenvalue weighted by molar-refractivity contribution is 7.10. The van der Waals surface area contributed by atoms with Crippen LogP contribution in [0.5, 0.6) is 0 Å². The minimum atomic E-state index is 0.291. The average molecular weight is 279 g/mol. The number of hydrogen-bond donors (Lipinski definition) is 1. The van der Waals surface area contributed by atoms with Crippen molar-refractivity contribution in [1.29, 1.82) is 0 Å². The lowest BCUT2D eigenvalue weighted by molar-refractivity contribution is 0.521. The topological polar surface area (TPSA) is 55.6 Å². The Morgan fingerprint density at radius 1 is 1.42 bits per heavy atom. The third-order valence-corrected chi connectivity index (χ3v) is 4.13. The van der Waals surface area contributed by atoms with Crippen molar-refractivity contribution in [3.8, 4) is 0 Å². The molecular formula is C13H21N5S. The van der Waals surface area contributed by atoms with E-state index in [4.69, 9.17) is 0 Å². The zero-order valence-corrected chi connectivity index (χ0v) is 12.6. The maximum atomic E-state index is 4.28. The van der Waals surface area contributed by atoms with Crippen molar-refractivity contribution in [2.75, 3.05) is 6.54 Å². The van der Waals surface area contributed by atoms with Gasteiger partial charge in [0.05, 0.1) is 7.05 Å². The van der Waals surface area contributed by atoms with Crippen molar-refractivity contribution < 1.29 is 0 Å². The highest BCUT2D eigenvalue weighted by atomic mass is 32.1. The molecule has 1 atom stereocenters. The van der Waals surface area contributed by atoms with Crippen LogP contribution >= 0.6 is 11.3 Å². The molecule has 0 radical (unpaired) electrons. The molecule has 0 saturated carbocycles. The van der Waals surface area contributed by atoms with Crippen molar-refractivity contribution in [1.82, 2.24) is 25.5 Å². The molecule has 1 unspecified atom stereocenters. The number of rotatable bonds is 7. The van der Waals surface area contributed by atoms with Crippen LogP contribution in [0.25, 0.3) is 0 Å². The predicted octanol–water partition coefficient (Wildman–Crippen LogP) is 2.12. The number of nitrogens with zero attached hydrogens (tertiary/aromatic N) is 4. The Bertz CT molecular complexity index is 505. The van der Waals surface area contributed by atoms with Crippen molar-refractivity contribution in [3.63, 3.8) is 0 Å². The van der Waals surface area contributed by atoms with Crippen molar-refractivity contribution in [3.05, 3.63) is 27.7 Å². The molecule has 0 aliphatic heterocycles. The van der Waals surface area contributed by atoms with Crippen LogP contribution in [0.3, 0.4) is 0 Å². The maximum absolute atomic E-state index is 4.28. The molecule has 2 aromatic rings. The fourth-order valence-electron chi connectivity index (χ4n) is 2.11. The number of thiophene rings is 1. The van der Waals surface area contributed by atoms with E-state index in [0.717, 1.165) is 31.6 Å². The number of nitrogens with one attached hydrogen (secondary N) is 1. The third-order valence-electron chi connectivity index (χ3n) is 3.06. The lowest BCUT2D eigenvalue weighted by Gasteiger charge is -2.17. The summed E-state index contributed by atoms with van der Waals surface area (Å²) in [5.74, 6) is 0.798. The summed E-state index contributed by atoms with van der Waals surface area (Å²) >= 11 is 1.81. The molecule has 0 saturated heterocycles. The number of aryl methyl sites for hydroxylation is 2. The summed E-state index contributed by atoms with van der Waals surface area (Å²) < 4.78 is 0. The van der Waals surface area contributed by atoms with Crippen molar-refractivity contribution in [2.45, 2.75) is 39.2 Å². The van der Waals surface area contributed by atoms with Crippen LogP contribution in [0.2, 0.25) is 0 Å². The first kappa shape index (κ1) is 14.1. The Morgan fingerprint density at radius 3 is 2.89 bits per heavy atom. The summed E-state index contributed by atoms with van der Waals surface area (Å²) in [6, 6.07) is 2.50. The van der Waals surface area contributed by atoms with Gasteiger partial charge in [-0.1, -0.05) is 13.8 Å². The quantitative estimate of drug-likeness (QED) is 0.843. The van der Waals surface area contributed by atoms with Crippen LogP contribution in [-0.4, -0.2) is 26.8 Å². The van der Waals surface area contributed by atoms with E-state index in [1.54, 1.807) is 7.05 Å². The molecule has 6 heteroatoms. The normalized spacial score (nSPS) is 12.8. The van der Waals surface area contributed by atoms with Crippen LogP contribution in [0.4, 0.5) is 0 Å². The van der Waals surface area contributed by atoms with Gasteiger partial charge in [0.1, 0.15) is 0 Å². The van der Waals surface area contributed by atoms with Crippen molar-refractivity contribution >= 4 is 11.3 Å². The third kappa shape index (κ3) is 3.61. The predicted molar refractivity (Wildman–Crippen MR) is 77.2 cm³/mol. The van der Waals surface area contributed by atoms with Gasteiger partial charge in [-0.05, 0) is 41.6 Å². The number of hydrogen-bond acceptors (Lipinski definition) is 5. The van der Waals surface area contributed by atoms with E-state index in [0.29, 0.717) is 6.04 Å². The average Bonchev–Trinajstić information content (AvgIpc) is 3.03. The largest absolute Gasteiger partial charge is 0.309 e. The minimum Gasteiger partial charge on any atom is -0.309 e. The van der Waals surface area contributed by atoms with Crippen LogP contribution in [0.1, 0.15) is 42.6 Å². The van der Waals surface area contributed by atoms with Gasteiger partial charge in [0.25, 0.3) is 0 Å². The summed E-state index contributed by atoms with van der Waals surface area (Å²) in [6.45, 7) is 5.38. The van der Waals surface area contributed by atoms with E-state index in [-0.39, 0.29) is 0 Å². The molecule has 0 aromatic carbocycles. The standard InChI is InChI=1S/C13H21N5S/c1-4-7-14-11(9-12-15-17-18(3)16-12)13-10(5-2)6-8-19-13/h6,8,11,14H,4-5,7,9H2,1-3H3. The maximum Gasteiger partial charge on any atom is 0.176 e.